The van der Waals surface area contributed by atoms with Crippen molar-refractivity contribution < 1.29 is 4.74 Å². The van der Waals surface area contributed by atoms with Crippen molar-refractivity contribution in [1.82, 2.24) is 4.90 Å². The van der Waals surface area contributed by atoms with Crippen LogP contribution in [0.2, 0.25) is 5.02 Å². The Balaban J connectivity index is 1.76. The molecule has 0 saturated carbocycles. The summed E-state index contributed by atoms with van der Waals surface area (Å²) in [5.41, 5.74) is 3.13. The predicted molar refractivity (Wildman–Crippen MR) is 111 cm³/mol. The van der Waals surface area contributed by atoms with Crippen molar-refractivity contribution in [3.05, 3.63) is 50.7 Å². The third-order valence-corrected chi connectivity index (χ3v) is 5.85. The molecule has 1 aliphatic heterocycles. The molecular weight excluding hydrogens is 372 g/mol. The average Bonchev–Trinajstić information content (AvgIpc) is 3.23. The van der Waals surface area contributed by atoms with Gasteiger partial charge in [0.1, 0.15) is 0 Å². The summed E-state index contributed by atoms with van der Waals surface area (Å²) in [6.45, 7) is 6.52. The quantitative estimate of drug-likeness (QED) is 0.686. The average molecular weight is 395 g/mol. The van der Waals surface area contributed by atoms with Gasteiger partial charge >= 0.3 is 0 Å². The molecule has 1 aromatic heterocycles. The number of rotatable bonds is 5. The minimum atomic E-state index is 0.245. The number of thiophene rings is 1. The van der Waals surface area contributed by atoms with Crippen LogP contribution in [-0.4, -0.2) is 29.3 Å². The number of hydrogen-bond acceptors (Lipinski definition) is 3. The lowest BCUT2D eigenvalue weighted by Gasteiger charge is -2.28. The zero-order valence-electron chi connectivity index (χ0n) is 14.5. The molecule has 1 N–H and O–H groups in total. The van der Waals surface area contributed by atoms with E-state index >= 15 is 0 Å². The Morgan fingerprint density at radius 2 is 2.28 bits per heavy atom. The lowest BCUT2D eigenvalue weighted by atomic mass is 10.1. The summed E-state index contributed by atoms with van der Waals surface area (Å²) >= 11 is 13.9. The van der Waals surface area contributed by atoms with Gasteiger partial charge in [0.15, 0.2) is 5.11 Å². The van der Waals surface area contributed by atoms with Gasteiger partial charge < -0.3 is 15.0 Å². The fraction of sp³-hybridized carbons (Fsp3) is 0.421. The Bertz CT molecular complexity index is 704. The van der Waals surface area contributed by atoms with Crippen LogP contribution in [0.3, 0.4) is 0 Å². The van der Waals surface area contributed by atoms with Gasteiger partial charge in [0.25, 0.3) is 0 Å². The van der Waals surface area contributed by atoms with Gasteiger partial charge in [-0.15, -0.1) is 11.3 Å². The van der Waals surface area contributed by atoms with Crippen molar-refractivity contribution in [1.29, 1.82) is 0 Å². The number of anilines is 1. The van der Waals surface area contributed by atoms with Gasteiger partial charge in [-0.05, 0) is 67.5 Å². The van der Waals surface area contributed by atoms with Crippen molar-refractivity contribution in [2.75, 3.05) is 18.5 Å². The molecule has 0 unspecified atom stereocenters. The summed E-state index contributed by atoms with van der Waals surface area (Å²) in [5, 5.41) is 6.86. The van der Waals surface area contributed by atoms with Crippen LogP contribution >= 0.6 is 35.2 Å². The molecule has 1 saturated heterocycles. The minimum absolute atomic E-state index is 0.245. The minimum Gasteiger partial charge on any atom is -0.376 e. The van der Waals surface area contributed by atoms with Crippen LogP contribution in [0.25, 0.3) is 0 Å². The van der Waals surface area contributed by atoms with Gasteiger partial charge in [0.05, 0.1) is 23.4 Å². The van der Waals surface area contributed by atoms with Crippen molar-refractivity contribution in [3.63, 3.8) is 0 Å². The third kappa shape index (κ3) is 4.94. The molecule has 0 radical (unpaired) electrons. The van der Waals surface area contributed by atoms with Crippen molar-refractivity contribution in [2.24, 2.45) is 0 Å². The van der Waals surface area contributed by atoms with E-state index in [1.807, 2.05) is 19.9 Å². The molecule has 1 atom stereocenters. The number of nitrogens with zero attached hydrogens (tertiary/aromatic N) is 1. The molecule has 0 spiro atoms. The number of ether oxygens (including phenoxy) is 1. The van der Waals surface area contributed by atoms with Crippen molar-refractivity contribution in [3.8, 4) is 0 Å². The maximum atomic E-state index is 6.43. The Morgan fingerprint density at radius 1 is 1.44 bits per heavy atom. The first-order chi connectivity index (χ1) is 12.0. The highest BCUT2D eigenvalue weighted by atomic mass is 35.5. The maximum absolute atomic E-state index is 6.43. The number of thiocarbonyl (C=S) groups is 1. The largest absolute Gasteiger partial charge is 0.376 e. The number of hydrogen-bond donors (Lipinski definition) is 1. The SMILES string of the molecule is Cc1cc(C)c(NC(=S)N(Cc2cccs2)C[C@H]2CCCO2)c(Cl)c1. The van der Waals surface area contributed by atoms with Gasteiger partial charge in [0.2, 0.25) is 0 Å². The van der Waals surface area contributed by atoms with Crippen molar-refractivity contribution in [2.45, 2.75) is 39.3 Å². The molecule has 0 aliphatic carbocycles. The number of nitrogens with one attached hydrogen (secondary N) is 1. The molecule has 25 heavy (non-hydrogen) atoms. The highest BCUT2D eigenvalue weighted by Crippen LogP contribution is 2.28. The molecule has 2 heterocycles. The van der Waals surface area contributed by atoms with Gasteiger partial charge in [-0.1, -0.05) is 23.7 Å². The van der Waals surface area contributed by atoms with Crippen LogP contribution in [0.5, 0.6) is 0 Å². The summed E-state index contributed by atoms with van der Waals surface area (Å²) in [5.74, 6) is 0. The second kappa shape index (κ2) is 8.49. The molecule has 0 amide bonds. The van der Waals surface area contributed by atoms with Crippen LogP contribution in [0.1, 0.15) is 28.8 Å². The standard InChI is InChI=1S/C19H23ClN2OS2/c1-13-9-14(2)18(17(20)10-13)21-19(24)22(11-15-5-3-7-23-15)12-16-6-4-8-25-16/h4,6,8-10,15H,3,5,7,11-12H2,1-2H3,(H,21,24)/t15-/m1/s1. The Hall–Kier alpha value is -1.14. The van der Waals surface area contributed by atoms with E-state index in [1.54, 1.807) is 11.3 Å². The van der Waals surface area contributed by atoms with E-state index in [-0.39, 0.29) is 6.10 Å². The van der Waals surface area contributed by atoms with Gasteiger partial charge in [-0.25, -0.2) is 0 Å². The smallest absolute Gasteiger partial charge is 0.173 e. The molecule has 3 nitrogen and oxygen atoms in total. The van der Waals surface area contributed by atoms with Gasteiger partial charge in [0, 0.05) is 18.0 Å². The molecular formula is C19H23ClN2OS2. The topological polar surface area (TPSA) is 24.5 Å². The number of benzene rings is 1. The van der Waals surface area contributed by atoms with E-state index in [9.17, 15) is 0 Å². The zero-order chi connectivity index (χ0) is 17.8. The first-order valence-corrected chi connectivity index (χ1v) is 10.2. The van der Waals surface area contributed by atoms with E-state index in [4.69, 9.17) is 28.6 Å². The van der Waals surface area contributed by atoms with E-state index in [2.05, 4.69) is 33.8 Å². The van der Waals surface area contributed by atoms with Crippen LogP contribution in [0, 0.1) is 13.8 Å². The highest BCUT2D eigenvalue weighted by Gasteiger charge is 2.22. The second-order valence-corrected chi connectivity index (χ2v) is 8.29. The van der Waals surface area contributed by atoms with E-state index < -0.39 is 0 Å². The molecule has 3 rings (SSSR count). The lowest BCUT2D eigenvalue weighted by Crippen LogP contribution is -2.39. The number of halogens is 1. The zero-order valence-corrected chi connectivity index (χ0v) is 16.9. The van der Waals surface area contributed by atoms with E-state index in [1.165, 1.54) is 4.88 Å². The summed E-state index contributed by atoms with van der Waals surface area (Å²) in [4.78, 5) is 3.47. The Kier molecular flexibility index (Phi) is 6.34. The first-order valence-electron chi connectivity index (χ1n) is 8.49. The van der Waals surface area contributed by atoms with Crippen LogP contribution in [0.4, 0.5) is 5.69 Å². The maximum Gasteiger partial charge on any atom is 0.173 e. The Labute approximate surface area is 163 Å². The van der Waals surface area contributed by atoms with Crippen LogP contribution in [0.15, 0.2) is 29.6 Å². The van der Waals surface area contributed by atoms with Crippen LogP contribution < -0.4 is 5.32 Å². The van der Waals surface area contributed by atoms with Crippen molar-refractivity contribution >= 4 is 46.0 Å². The molecule has 134 valence electrons. The summed E-state index contributed by atoms with van der Waals surface area (Å²) in [6.07, 6.45) is 2.46. The number of aryl methyl sites for hydroxylation is 2. The summed E-state index contributed by atoms with van der Waals surface area (Å²) in [6, 6.07) is 8.28. The summed E-state index contributed by atoms with van der Waals surface area (Å²) in [7, 11) is 0. The fourth-order valence-corrected chi connectivity index (χ4v) is 4.43. The highest BCUT2D eigenvalue weighted by molar-refractivity contribution is 7.80. The lowest BCUT2D eigenvalue weighted by molar-refractivity contribution is 0.0907. The first kappa shape index (κ1) is 18.6. The third-order valence-electron chi connectivity index (χ3n) is 4.33. The molecule has 1 aromatic carbocycles. The second-order valence-electron chi connectivity index (χ2n) is 6.46. The molecule has 0 bridgehead atoms. The van der Waals surface area contributed by atoms with E-state index in [0.29, 0.717) is 10.1 Å². The molecule has 2 aromatic rings. The monoisotopic (exact) mass is 394 g/mol. The molecule has 1 fully saturated rings. The summed E-state index contributed by atoms with van der Waals surface area (Å²) < 4.78 is 5.81. The molecule has 6 heteroatoms. The normalized spacial score (nSPS) is 16.8. The predicted octanol–water partition coefficient (Wildman–Crippen LogP) is 5.40. The van der Waals surface area contributed by atoms with E-state index in [0.717, 1.165) is 49.4 Å². The van der Waals surface area contributed by atoms with Gasteiger partial charge in [-0.3, -0.25) is 0 Å². The van der Waals surface area contributed by atoms with Crippen LogP contribution in [-0.2, 0) is 11.3 Å². The molecule has 1 aliphatic rings. The fourth-order valence-electron chi connectivity index (χ4n) is 3.10. The Morgan fingerprint density at radius 3 is 2.92 bits per heavy atom. The van der Waals surface area contributed by atoms with Gasteiger partial charge in [-0.2, -0.15) is 0 Å².